The summed E-state index contributed by atoms with van der Waals surface area (Å²) in [4.78, 5) is 25.8. The number of amides is 3. The molecule has 1 heterocycles. The number of aromatic nitrogens is 2. The quantitative estimate of drug-likeness (QED) is 0.733. The summed E-state index contributed by atoms with van der Waals surface area (Å²) in [6, 6.07) is 3.14. The Morgan fingerprint density at radius 3 is 2.25 bits per heavy atom. The van der Waals surface area contributed by atoms with E-state index in [0.29, 0.717) is 24.6 Å². The predicted molar refractivity (Wildman–Crippen MR) is 75.6 cm³/mol. The molecule has 110 valence electrons. The fourth-order valence-corrected chi connectivity index (χ4v) is 1.29. The standard InChI is InChI=1S/C12H20N6O2/c1-17(2)11(19)9-5-6-10(16-15-9)13-7-8-14-12(20)18(3)4/h5-6H,7-8H2,1-4H3,(H,13,16)(H,14,20). The molecule has 0 unspecified atom stereocenters. The fourth-order valence-electron chi connectivity index (χ4n) is 1.29. The molecule has 8 nitrogen and oxygen atoms in total. The molecule has 0 spiro atoms. The van der Waals surface area contributed by atoms with Gasteiger partial charge in [0.25, 0.3) is 5.91 Å². The number of carbonyl (C=O) groups excluding carboxylic acids is 2. The van der Waals surface area contributed by atoms with Crippen LogP contribution in [0.3, 0.4) is 0 Å². The van der Waals surface area contributed by atoms with Gasteiger partial charge in [0, 0.05) is 41.3 Å². The summed E-state index contributed by atoms with van der Waals surface area (Å²) in [6.45, 7) is 0.992. The van der Waals surface area contributed by atoms with Crippen LogP contribution in [0.15, 0.2) is 12.1 Å². The minimum atomic E-state index is -0.192. The highest BCUT2D eigenvalue weighted by Gasteiger charge is 2.09. The van der Waals surface area contributed by atoms with Crippen LogP contribution in [0.5, 0.6) is 0 Å². The van der Waals surface area contributed by atoms with E-state index in [1.807, 2.05) is 0 Å². The van der Waals surface area contributed by atoms with Gasteiger partial charge < -0.3 is 20.4 Å². The Labute approximate surface area is 118 Å². The normalized spacial score (nSPS) is 9.80. The van der Waals surface area contributed by atoms with Crippen molar-refractivity contribution in [1.29, 1.82) is 0 Å². The van der Waals surface area contributed by atoms with Crippen LogP contribution >= 0.6 is 0 Å². The van der Waals surface area contributed by atoms with E-state index < -0.39 is 0 Å². The molecule has 0 radical (unpaired) electrons. The first-order valence-corrected chi connectivity index (χ1v) is 6.16. The van der Waals surface area contributed by atoms with Crippen molar-refractivity contribution in [3.63, 3.8) is 0 Å². The number of nitrogens with one attached hydrogen (secondary N) is 2. The first-order chi connectivity index (χ1) is 9.41. The Balaban J connectivity index is 2.39. The highest BCUT2D eigenvalue weighted by Crippen LogP contribution is 2.02. The lowest BCUT2D eigenvalue weighted by Gasteiger charge is -2.12. The van der Waals surface area contributed by atoms with Crippen LogP contribution in [-0.2, 0) is 0 Å². The van der Waals surface area contributed by atoms with Crippen molar-refractivity contribution in [1.82, 2.24) is 25.3 Å². The zero-order valence-electron chi connectivity index (χ0n) is 12.2. The van der Waals surface area contributed by atoms with Gasteiger partial charge in [-0.2, -0.15) is 0 Å². The maximum atomic E-state index is 11.6. The summed E-state index contributed by atoms with van der Waals surface area (Å²) in [7, 11) is 6.66. The van der Waals surface area contributed by atoms with Gasteiger partial charge in [0.2, 0.25) is 0 Å². The number of rotatable bonds is 5. The average molecular weight is 280 g/mol. The predicted octanol–water partition coefficient (Wildman–Crippen LogP) is -0.138. The molecule has 0 saturated heterocycles. The number of urea groups is 1. The zero-order valence-corrected chi connectivity index (χ0v) is 12.2. The van der Waals surface area contributed by atoms with Crippen LogP contribution in [0.4, 0.5) is 10.6 Å². The van der Waals surface area contributed by atoms with Gasteiger partial charge in [-0.1, -0.05) is 0 Å². The second kappa shape index (κ2) is 7.27. The molecule has 0 aliphatic carbocycles. The maximum Gasteiger partial charge on any atom is 0.316 e. The van der Waals surface area contributed by atoms with Gasteiger partial charge in [-0.25, -0.2) is 4.79 Å². The summed E-state index contributed by atoms with van der Waals surface area (Å²) in [5.74, 6) is 0.363. The van der Waals surface area contributed by atoms with Crippen molar-refractivity contribution in [3.8, 4) is 0 Å². The molecule has 0 saturated carbocycles. The second-order valence-corrected chi connectivity index (χ2v) is 4.56. The molecule has 1 aromatic rings. The first kappa shape index (κ1) is 15.7. The molecule has 8 heteroatoms. The van der Waals surface area contributed by atoms with Gasteiger partial charge in [-0.3, -0.25) is 4.79 Å². The first-order valence-electron chi connectivity index (χ1n) is 6.16. The molecule has 20 heavy (non-hydrogen) atoms. The summed E-state index contributed by atoms with van der Waals surface area (Å²) in [6.07, 6.45) is 0. The van der Waals surface area contributed by atoms with Crippen molar-refractivity contribution in [3.05, 3.63) is 17.8 Å². The average Bonchev–Trinajstić information content (AvgIpc) is 2.43. The van der Waals surface area contributed by atoms with Crippen molar-refractivity contribution >= 4 is 17.8 Å². The monoisotopic (exact) mass is 280 g/mol. The number of carbonyl (C=O) groups is 2. The van der Waals surface area contributed by atoms with E-state index in [-0.39, 0.29) is 11.9 Å². The van der Waals surface area contributed by atoms with E-state index in [9.17, 15) is 9.59 Å². The van der Waals surface area contributed by atoms with Crippen LogP contribution < -0.4 is 10.6 Å². The van der Waals surface area contributed by atoms with Crippen LogP contribution in [0, 0.1) is 0 Å². The second-order valence-electron chi connectivity index (χ2n) is 4.56. The number of hydrogen-bond donors (Lipinski definition) is 2. The largest absolute Gasteiger partial charge is 0.367 e. The molecule has 3 amide bonds. The lowest BCUT2D eigenvalue weighted by molar-refractivity contribution is 0.0821. The van der Waals surface area contributed by atoms with Crippen molar-refractivity contribution < 1.29 is 9.59 Å². The van der Waals surface area contributed by atoms with Crippen molar-refractivity contribution in [2.75, 3.05) is 46.6 Å². The summed E-state index contributed by atoms with van der Waals surface area (Å²) < 4.78 is 0. The van der Waals surface area contributed by atoms with Crippen LogP contribution in [0.25, 0.3) is 0 Å². The molecular weight excluding hydrogens is 260 g/mol. The van der Waals surface area contributed by atoms with E-state index in [0.717, 1.165) is 0 Å². The van der Waals surface area contributed by atoms with E-state index in [1.165, 1.54) is 9.80 Å². The van der Waals surface area contributed by atoms with E-state index in [2.05, 4.69) is 20.8 Å². The summed E-state index contributed by atoms with van der Waals surface area (Å²) in [5.41, 5.74) is 0.293. The molecule has 0 bridgehead atoms. The molecule has 0 aromatic carbocycles. The topological polar surface area (TPSA) is 90.5 Å². The Kier molecular flexibility index (Phi) is 5.70. The highest BCUT2D eigenvalue weighted by molar-refractivity contribution is 5.91. The third-order valence-electron chi connectivity index (χ3n) is 2.40. The van der Waals surface area contributed by atoms with Gasteiger partial charge >= 0.3 is 6.03 Å². The molecule has 1 aromatic heterocycles. The van der Waals surface area contributed by atoms with E-state index in [4.69, 9.17) is 0 Å². The molecule has 2 N–H and O–H groups in total. The molecule has 0 fully saturated rings. The fraction of sp³-hybridized carbons (Fsp3) is 0.500. The molecule has 0 atom stereocenters. The zero-order chi connectivity index (χ0) is 15.1. The number of nitrogens with zero attached hydrogens (tertiary/aromatic N) is 4. The Bertz CT molecular complexity index is 458. The van der Waals surface area contributed by atoms with Crippen LogP contribution in [0.1, 0.15) is 10.5 Å². The SMILES string of the molecule is CN(C)C(=O)NCCNc1ccc(C(=O)N(C)C)nn1. The smallest absolute Gasteiger partial charge is 0.316 e. The van der Waals surface area contributed by atoms with Gasteiger partial charge in [0.15, 0.2) is 5.69 Å². The number of anilines is 1. The minimum absolute atomic E-state index is 0.148. The lowest BCUT2D eigenvalue weighted by Crippen LogP contribution is -2.37. The molecular formula is C12H20N6O2. The Hall–Kier alpha value is -2.38. The maximum absolute atomic E-state index is 11.6. The summed E-state index contributed by atoms with van der Waals surface area (Å²) >= 11 is 0. The van der Waals surface area contributed by atoms with Gasteiger partial charge in [-0.15, -0.1) is 10.2 Å². The van der Waals surface area contributed by atoms with Crippen molar-refractivity contribution in [2.45, 2.75) is 0 Å². The Morgan fingerprint density at radius 2 is 1.75 bits per heavy atom. The molecule has 1 rings (SSSR count). The highest BCUT2D eigenvalue weighted by atomic mass is 16.2. The Morgan fingerprint density at radius 1 is 1.05 bits per heavy atom. The van der Waals surface area contributed by atoms with Crippen molar-refractivity contribution in [2.24, 2.45) is 0 Å². The summed E-state index contributed by atoms with van der Waals surface area (Å²) in [5, 5.41) is 13.5. The molecule has 0 aliphatic heterocycles. The third kappa shape index (κ3) is 4.71. The van der Waals surface area contributed by atoms with E-state index >= 15 is 0 Å². The third-order valence-corrected chi connectivity index (χ3v) is 2.40. The van der Waals surface area contributed by atoms with Crippen LogP contribution in [-0.4, -0.2) is 73.2 Å². The van der Waals surface area contributed by atoms with Gasteiger partial charge in [0.1, 0.15) is 5.82 Å². The lowest BCUT2D eigenvalue weighted by atomic mass is 10.3. The van der Waals surface area contributed by atoms with Gasteiger partial charge in [0.05, 0.1) is 0 Å². The van der Waals surface area contributed by atoms with Gasteiger partial charge in [-0.05, 0) is 12.1 Å². The number of hydrogen-bond acceptors (Lipinski definition) is 5. The van der Waals surface area contributed by atoms with E-state index in [1.54, 1.807) is 40.3 Å². The van der Waals surface area contributed by atoms with Crippen LogP contribution in [0.2, 0.25) is 0 Å². The minimum Gasteiger partial charge on any atom is -0.367 e. The molecule has 0 aliphatic rings.